The molecule has 2 atom stereocenters. The first-order valence-electron chi connectivity index (χ1n) is 7.24. The number of hydrogen-bond donors (Lipinski definition) is 0. The monoisotopic (exact) mass is 252 g/mol. The summed E-state index contributed by atoms with van der Waals surface area (Å²) in [6.45, 7) is 7.93. The van der Waals surface area contributed by atoms with Crippen LogP contribution < -0.4 is 0 Å². The van der Waals surface area contributed by atoms with Crippen LogP contribution in [0.5, 0.6) is 0 Å². The minimum Gasteiger partial charge on any atom is -0.347 e. The van der Waals surface area contributed by atoms with Gasteiger partial charge in [0.2, 0.25) is 0 Å². The lowest BCUT2D eigenvalue weighted by Gasteiger charge is -2.59. The first-order valence-corrected chi connectivity index (χ1v) is 7.24. The summed E-state index contributed by atoms with van der Waals surface area (Å²) in [7, 11) is 0. The van der Waals surface area contributed by atoms with Crippen molar-refractivity contribution >= 4 is 5.78 Å². The molecule has 0 amide bonds. The average Bonchev–Trinajstić information content (AvgIpc) is 2.78. The third kappa shape index (κ3) is 1.41. The first-order chi connectivity index (χ1) is 8.42. The van der Waals surface area contributed by atoms with E-state index in [2.05, 4.69) is 20.8 Å². The molecular weight excluding hydrogens is 228 g/mol. The zero-order valence-electron chi connectivity index (χ0n) is 11.8. The lowest BCUT2D eigenvalue weighted by Crippen LogP contribution is -2.61. The molecule has 0 aromatic heterocycles. The fourth-order valence-electron chi connectivity index (χ4n) is 4.75. The molecule has 1 saturated heterocycles. The highest BCUT2D eigenvalue weighted by Gasteiger charge is 2.64. The molecule has 3 nitrogen and oxygen atoms in total. The number of Topliss-reactive ketones (excluding diaryl/α,β-unsaturated/α-hetero) is 1. The largest absolute Gasteiger partial charge is 0.347 e. The van der Waals surface area contributed by atoms with E-state index in [1.165, 1.54) is 0 Å². The summed E-state index contributed by atoms with van der Waals surface area (Å²) in [5.74, 6) is 0.395. The molecule has 1 aliphatic heterocycles. The number of hydrogen-bond acceptors (Lipinski definition) is 3. The van der Waals surface area contributed by atoms with E-state index in [-0.39, 0.29) is 10.8 Å². The smallest absolute Gasteiger partial charge is 0.174 e. The fourth-order valence-corrected chi connectivity index (χ4v) is 4.75. The van der Waals surface area contributed by atoms with E-state index in [9.17, 15) is 4.79 Å². The first kappa shape index (κ1) is 12.6. The molecule has 0 aromatic carbocycles. The predicted molar refractivity (Wildman–Crippen MR) is 68.1 cm³/mol. The Morgan fingerprint density at radius 1 is 1.11 bits per heavy atom. The van der Waals surface area contributed by atoms with Crippen molar-refractivity contribution in [3.8, 4) is 0 Å². The van der Waals surface area contributed by atoms with Crippen LogP contribution >= 0.6 is 0 Å². The maximum Gasteiger partial charge on any atom is 0.174 e. The number of carbonyl (C=O) groups excluding carboxylic acids is 1. The van der Waals surface area contributed by atoms with Gasteiger partial charge in [-0.25, -0.2) is 0 Å². The van der Waals surface area contributed by atoms with Crippen molar-refractivity contribution in [1.82, 2.24) is 0 Å². The maximum atomic E-state index is 12.2. The number of ketones is 1. The molecule has 102 valence electrons. The topological polar surface area (TPSA) is 35.5 Å². The van der Waals surface area contributed by atoms with Crippen LogP contribution in [0.4, 0.5) is 0 Å². The van der Waals surface area contributed by atoms with E-state index >= 15 is 0 Å². The van der Waals surface area contributed by atoms with Gasteiger partial charge in [-0.3, -0.25) is 4.79 Å². The SMILES string of the molecule is CC1(C)C(=O)CC[C@]2(C)[C@@H]1CCCC21OCCO1. The predicted octanol–water partition coefficient (Wildman–Crippen LogP) is 2.93. The molecule has 3 aliphatic rings. The molecular formula is C15H24O3. The van der Waals surface area contributed by atoms with Gasteiger partial charge in [0.25, 0.3) is 0 Å². The molecule has 2 aliphatic carbocycles. The molecule has 1 spiro atoms. The lowest BCUT2D eigenvalue weighted by atomic mass is 9.49. The van der Waals surface area contributed by atoms with Gasteiger partial charge in [0.05, 0.1) is 13.2 Å². The zero-order valence-corrected chi connectivity index (χ0v) is 11.8. The van der Waals surface area contributed by atoms with Crippen LogP contribution in [0, 0.1) is 16.7 Å². The van der Waals surface area contributed by atoms with E-state index in [0.29, 0.717) is 31.3 Å². The molecule has 3 fully saturated rings. The van der Waals surface area contributed by atoms with Crippen molar-refractivity contribution in [2.45, 2.75) is 58.7 Å². The van der Waals surface area contributed by atoms with Gasteiger partial charge >= 0.3 is 0 Å². The Morgan fingerprint density at radius 2 is 1.78 bits per heavy atom. The molecule has 0 unspecified atom stereocenters. The molecule has 1 heterocycles. The molecule has 0 aromatic rings. The Labute approximate surface area is 109 Å². The van der Waals surface area contributed by atoms with Crippen molar-refractivity contribution in [2.75, 3.05) is 13.2 Å². The third-order valence-corrected chi connectivity index (χ3v) is 5.85. The van der Waals surface area contributed by atoms with E-state index in [0.717, 1.165) is 25.7 Å². The van der Waals surface area contributed by atoms with Crippen LogP contribution in [0.1, 0.15) is 52.9 Å². The second-order valence-corrected chi connectivity index (χ2v) is 6.96. The standard InChI is InChI=1S/C15H24O3/c1-13(2)11-5-4-7-15(17-9-10-18-15)14(11,3)8-6-12(13)16/h11H,4-10H2,1-3H3/t11-,14-/m1/s1. The van der Waals surface area contributed by atoms with Crippen molar-refractivity contribution < 1.29 is 14.3 Å². The highest BCUT2D eigenvalue weighted by Crippen LogP contribution is 2.62. The highest BCUT2D eigenvalue weighted by molar-refractivity contribution is 5.85. The second kappa shape index (κ2) is 3.80. The summed E-state index contributed by atoms with van der Waals surface area (Å²) in [4.78, 5) is 12.2. The zero-order chi connectivity index (χ0) is 13.0. The van der Waals surface area contributed by atoms with E-state index in [1.807, 2.05) is 0 Å². The molecule has 3 heteroatoms. The third-order valence-electron chi connectivity index (χ3n) is 5.85. The lowest BCUT2D eigenvalue weighted by molar-refractivity contribution is -0.285. The van der Waals surface area contributed by atoms with E-state index in [1.54, 1.807) is 0 Å². The second-order valence-electron chi connectivity index (χ2n) is 6.96. The number of ether oxygens (including phenoxy) is 2. The molecule has 18 heavy (non-hydrogen) atoms. The summed E-state index contributed by atoms with van der Waals surface area (Å²) in [5.41, 5.74) is -0.227. The Balaban J connectivity index is 2.02. The van der Waals surface area contributed by atoms with Crippen LogP contribution in [-0.4, -0.2) is 24.8 Å². The van der Waals surface area contributed by atoms with Crippen molar-refractivity contribution in [2.24, 2.45) is 16.7 Å². The average molecular weight is 252 g/mol. The minimum atomic E-state index is -0.409. The van der Waals surface area contributed by atoms with Gasteiger partial charge in [-0.15, -0.1) is 0 Å². The Morgan fingerprint density at radius 3 is 2.44 bits per heavy atom. The molecule has 0 N–H and O–H groups in total. The maximum absolute atomic E-state index is 12.2. The van der Waals surface area contributed by atoms with Crippen LogP contribution in [-0.2, 0) is 14.3 Å². The Bertz CT molecular complexity index is 368. The minimum absolute atomic E-state index is 0.000833. The highest BCUT2D eigenvalue weighted by atomic mass is 16.7. The van der Waals surface area contributed by atoms with Crippen LogP contribution in [0.3, 0.4) is 0 Å². The molecule has 0 bridgehead atoms. The van der Waals surface area contributed by atoms with E-state index in [4.69, 9.17) is 9.47 Å². The molecule has 2 saturated carbocycles. The summed E-state index contributed by atoms with van der Waals surface area (Å²) < 4.78 is 12.1. The Hall–Kier alpha value is -0.410. The van der Waals surface area contributed by atoms with Gasteiger partial charge in [-0.05, 0) is 25.2 Å². The fraction of sp³-hybridized carbons (Fsp3) is 0.933. The van der Waals surface area contributed by atoms with Gasteiger partial charge in [0, 0.05) is 23.7 Å². The quantitative estimate of drug-likeness (QED) is 0.665. The van der Waals surface area contributed by atoms with Crippen LogP contribution in [0.25, 0.3) is 0 Å². The Kier molecular flexibility index (Phi) is 2.66. The van der Waals surface area contributed by atoms with Crippen molar-refractivity contribution in [1.29, 1.82) is 0 Å². The summed E-state index contributed by atoms with van der Waals surface area (Å²) >= 11 is 0. The van der Waals surface area contributed by atoms with Gasteiger partial charge < -0.3 is 9.47 Å². The molecule has 0 radical (unpaired) electrons. The molecule has 3 rings (SSSR count). The van der Waals surface area contributed by atoms with Gasteiger partial charge in [0.15, 0.2) is 5.79 Å². The summed E-state index contributed by atoms with van der Waals surface area (Å²) in [6.07, 6.45) is 4.82. The van der Waals surface area contributed by atoms with Gasteiger partial charge in [0.1, 0.15) is 5.78 Å². The van der Waals surface area contributed by atoms with Crippen molar-refractivity contribution in [3.05, 3.63) is 0 Å². The van der Waals surface area contributed by atoms with Gasteiger partial charge in [-0.1, -0.05) is 20.8 Å². The normalized spacial score (nSPS) is 41.9. The van der Waals surface area contributed by atoms with Gasteiger partial charge in [-0.2, -0.15) is 0 Å². The number of fused-ring (bicyclic) bond motifs is 2. The van der Waals surface area contributed by atoms with Crippen LogP contribution in [0.2, 0.25) is 0 Å². The van der Waals surface area contributed by atoms with E-state index < -0.39 is 5.79 Å². The van der Waals surface area contributed by atoms with Crippen molar-refractivity contribution in [3.63, 3.8) is 0 Å². The summed E-state index contributed by atoms with van der Waals surface area (Å²) in [6, 6.07) is 0. The number of rotatable bonds is 0. The summed E-state index contributed by atoms with van der Waals surface area (Å²) in [5, 5.41) is 0. The number of carbonyl (C=O) groups is 1. The van der Waals surface area contributed by atoms with Crippen LogP contribution in [0.15, 0.2) is 0 Å².